The van der Waals surface area contributed by atoms with E-state index in [1.54, 1.807) is 48.5 Å². The van der Waals surface area contributed by atoms with Crippen LogP contribution in [0.25, 0.3) is 0 Å². The minimum absolute atomic E-state index is 0.198. The fraction of sp³-hybridized carbons (Fsp3) is 0.167. The number of nitrogens with one attached hydrogen (secondary N) is 1. The van der Waals surface area contributed by atoms with Gasteiger partial charge in [-0.3, -0.25) is 4.79 Å². The normalized spacial score (nSPS) is 11.4. The molecule has 0 fully saturated rings. The van der Waals surface area contributed by atoms with E-state index in [-0.39, 0.29) is 5.56 Å². The average molecular weight is 440 g/mol. The van der Waals surface area contributed by atoms with Gasteiger partial charge in [-0.05, 0) is 36.8 Å². The third kappa shape index (κ3) is 5.55. The highest BCUT2D eigenvalue weighted by atomic mass is 35.5. The summed E-state index contributed by atoms with van der Waals surface area (Å²) in [7, 11) is 2.97. The van der Waals surface area contributed by atoms with Gasteiger partial charge in [-0.2, -0.15) is 0 Å². The monoisotopic (exact) mass is 439 g/mol. The average Bonchev–Trinajstić information content (AvgIpc) is 2.79. The number of ether oxygens (including phenoxy) is 3. The van der Waals surface area contributed by atoms with E-state index in [1.165, 1.54) is 26.4 Å². The number of carbonyl (C=O) groups excluding carboxylic acids is 2. The Bertz CT molecular complexity index is 1060. The van der Waals surface area contributed by atoms with Gasteiger partial charge in [0.1, 0.15) is 11.5 Å². The molecule has 3 rings (SSSR count). The summed E-state index contributed by atoms with van der Waals surface area (Å²) in [6.45, 7) is 1.87. The summed E-state index contributed by atoms with van der Waals surface area (Å²) in [5.41, 5.74) is 2.11. The molecule has 1 atom stereocenters. The van der Waals surface area contributed by atoms with Gasteiger partial charge in [-0.1, -0.05) is 48.0 Å². The second kappa shape index (κ2) is 10.00. The van der Waals surface area contributed by atoms with E-state index in [0.29, 0.717) is 27.8 Å². The highest BCUT2D eigenvalue weighted by Crippen LogP contribution is 2.27. The molecule has 0 saturated carbocycles. The number of hydrogen-bond donors (Lipinski definition) is 1. The lowest BCUT2D eigenvalue weighted by atomic mass is 10.1. The first-order valence-electron chi connectivity index (χ1n) is 9.47. The number of hydrogen-bond acceptors (Lipinski definition) is 5. The largest absolute Gasteiger partial charge is 0.497 e. The first-order valence-corrected chi connectivity index (χ1v) is 9.85. The van der Waals surface area contributed by atoms with Gasteiger partial charge in [0.05, 0.1) is 19.8 Å². The Hall–Kier alpha value is -3.51. The highest BCUT2D eigenvalue weighted by Gasteiger charge is 2.26. The maximum Gasteiger partial charge on any atom is 0.339 e. The van der Waals surface area contributed by atoms with Crippen LogP contribution in [0.5, 0.6) is 11.5 Å². The van der Waals surface area contributed by atoms with E-state index < -0.39 is 18.0 Å². The van der Waals surface area contributed by atoms with Crippen molar-refractivity contribution in [2.24, 2.45) is 0 Å². The number of amides is 1. The quantitative estimate of drug-likeness (QED) is 0.512. The lowest BCUT2D eigenvalue weighted by Crippen LogP contribution is -2.26. The van der Waals surface area contributed by atoms with Gasteiger partial charge in [-0.15, -0.1) is 0 Å². The number of anilines is 1. The summed E-state index contributed by atoms with van der Waals surface area (Å²) in [5.74, 6) is -0.333. The molecule has 6 nitrogen and oxygen atoms in total. The second-order valence-electron chi connectivity index (χ2n) is 6.75. The molecule has 0 spiro atoms. The molecular weight excluding hydrogens is 418 g/mol. The van der Waals surface area contributed by atoms with Gasteiger partial charge in [0.15, 0.2) is 0 Å². The fourth-order valence-corrected chi connectivity index (χ4v) is 3.06. The Balaban J connectivity index is 1.88. The van der Waals surface area contributed by atoms with Crippen molar-refractivity contribution in [3.05, 3.63) is 88.4 Å². The van der Waals surface area contributed by atoms with Crippen molar-refractivity contribution in [1.82, 2.24) is 0 Å². The predicted octanol–water partition coefficient (Wildman–Crippen LogP) is 5.20. The molecule has 0 heterocycles. The zero-order valence-electron chi connectivity index (χ0n) is 17.3. The summed E-state index contributed by atoms with van der Waals surface area (Å²) in [4.78, 5) is 25.9. The van der Waals surface area contributed by atoms with Crippen LogP contribution in [0.2, 0.25) is 5.02 Å². The molecule has 3 aromatic carbocycles. The minimum atomic E-state index is -1.18. The van der Waals surface area contributed by atoms with Gasteiger partial charge in [-0.25, -0.2) is 4.79 Å². The number of benzene rings is 3. The van der Waals surface area contributed by atoms with Gasteiger partial charge in [0, 0.05) is 22.3 Å². The van der Waals surface area contributed by atoms with Crippen LogP contribution in [-0.4, -0.2) is 26.1 Å². The van der Waals surface area contributed by atoms with Crippen molar-refractivity contribution in [3.63, 3.8) is 0 Å². The zero-order chi connectivity index (χ0) is 22.4. The summed E-state index contributed by atoms with van der Waals surface area (Å²) < 4.78 is 16.0. The van der Waals surface area contributed by atoms with Crippen LogP contribution in [0.3, 0.4) is 0 Å². The highest BCUT2D eigenvalue weighted by molar-refractivity contribution is 6.31. The van der Waals surface area contributed by atoms with Gasteiger partial charge in [0.2, 0.25) is 6.10 Å². The topological polar surface area (TPSA) is 73.9 Å². The maximum absolute atomic E-state index is 13.0. The number of rotatable bonds is 7. The van der Waals surface area contributed by atoms with Crippen molar-refractivity contribution >= 4 is 29.2 Å². The molecule has 0 radical (unpaired) electrons. The van der Waals surface area contributed by atoms with E-state index in [9.17, 15) is 9.59 Å². The third-order valence-electron chi connectivity index (χ3n) is 4.59. The molecule has 7 heteroatoms. The van der Waals surface area contributed by atoms with Crippen LogP contribution < -0.4 is 14.8 Å². The van der Waals surface area contributed by atoms with Crippen LogP contribution in [0.4, 0.5) is 5.69 Å². The van der Waals surface area contributed by atoms with Crippen molar-refractivity contribution in [1.29, 1.82) is 0 Å². The Morgan fingerprint density at radius 2 is 1.55 bits per heavy atom. The Morgan fingerprint density at radius 1 is 0.903 bits per heavy atom. The van der Waals surface area contributed by atoms with Crippen molar-refractivity contribution in [2.45, 2.75) is 13.0 Å². The van der Waals surface area contributed by atoms with E-state index >= 15 is 0 Å². The first kappa shape index (κ1) is 22.2. The van der Waals surface area contributed by atoms with Crippen LogP contribution >= 0.6 is 11.6 Å². The molecule has 0 aliphatic carbocycles. The van der Waals surface area contributed by atoms with Crippen molar-refractivity contribution in [3.8, 4) is 11.5 Å². The molecule has 3 aromatic rings. The SMILES string of the molecule is COc1cc(OC)cc(C(=O)OC(C(=O)Nc2ccc(C)c(Cl)c2)c2ccccc2)c1. The zero-order valence-corrected chi connectivity index (χ0v) is 18.1. The standard InChI is InChI=1S/C24H22ClNO5/c1-15-9-10-18(13-21(15)25)26-23(27)22(16-7-5-4-6-8-16)31-24(28)17-11-19(29-2)14-20(12-17)30-3/h4-14,22H,1-3H3,(H,26,27). The fourth-order valence-electron chi connectivity index (χ4n) is 2.88. The van der Waals surface area contributed by atoms with Gasteiger partial charge in [0.25, 0.3) is 5.91 Å². The molecule has 1 N–H and O–H groups in total. The number of aryl methyl sites for hydroxylation is 1. The maximum atomic E-state index is 13.0. The molecule has 0 bridgehead atoms. The molecule has 0 aromatic heterocycles. The second-order valence-corrected chi connectivity index (χ2v) is 7.16. The van der Waals surface area contributed by atoms with Gasteiger partial charge < -0.3 is 19.5 Å². The smallest absolute Gasteiger partial charge is 0.339 e. The van der Waals surface area contributed by atoms with Gasteiger partial charge >= 0.3 is 5.97 Å². The van der Waals surface area contributed by atoms with Crippen LogP contribution in [0, 0.1) is 6.92 Å². The van der Waals surface area contributed by atoms with Crippen LogP contribution in [0.1, 0.15) is 27.6 Å². The number of methoxy groups -OCH3 is 2. The molecule has 0 aliphatic rings. The summed E-state index contributed by atoms with van der Waals surface area (Å²) >= 11 is 6.15. The lowest BCUT2D eigenvalue weighted by molar-refractivity contribution is -0.125. The predicted molar refractivity (Wildman–Crippen MR) is 119 cm³/mol. The first-order chi connectivity index (χ1) is 14.9. The van der Waals surface area contributed by atoms with Crippen molar-refractivity contribution < 1.29 is 23.8 Å². The molecule has 0 aliphatic heterocycles. The summed E-state index contributed by atoms with van der Waals surface area (Å²) in [6, 6.07) is 18.6. The number of carbonyl (C=O) groups is 2. The number of esters is 1. The molecule has 1 amide bonds. The molecule has 0 saturated heterocycles. The molecule has 160 valence electrons. The van der Waals surface area contributed by atoms with E-state index in [4.69, 9.17) is 25.8 Å². The number of halogens is 1. The molecular formula is C24H22ClNO5. The van der Waals surface area contributed by atoms with E-state index in [0.717, 1.165) is 5.56 Å². The minimum Gasteiger partial charge on any atom is -0.497 e. The van der Waals surface area contributed by atoms with E-state index in [1.807, 2.05) is 13.0 Å². The van der Waals surface area contributed by atoms with Crippen LogP contribution in [-0.2, 0) is 9.53 Å². The third-order valence-corrected chi connectivity index (χ3v) is 5.00. The Labute approximate surface area is 185 Å². The van der Waals surface area contributed by atoms with Crippen LogP contribution in [0.15, 0.2) is 66.7 Å². The lowest BCUT2D eigenvalue weighted by Gasteiger charge is -2.19. The summed E-state index contributed by atoms with van der Waals surface area (Å²) in [6.07, 6.45) is -1.18. The Morgan fingerprint density at radius 3 is 2.13 bits per heavy atom. The van der Waals surface area contributed by atoms with Crippen molar-refractivity contribution in [2.75, 3.05) is 19.5 Å². The summed E-state index contributed by atoms with van der Waals surface area (Å²) in [5, 5.41) is 3.28. The Kier molecular flexibility index (Phi) is 7.15. The molecule has 31 heavy (non-hydrogen) atoms. The van der Waals surface area contributed by atoms with E-state index in [2.05, 4.69) is 5.32 Å². The molecule has 1 unspecified atom stereocenters.